The van der Waals surface area contributed by atoms with Crippen LogP contribution in [0.1, 0.15) is 17.0 Å². The van der Waals surface area contributed by atoms with Crippen LogP contribution < -0.4 is 11.3 Å². The number of carbonyl (C=O) groups is 1. The molecule has 8 nitrogen and oxygen atoms in total. The summed E-state index contributed by atoms with van der Waals surface area (Å²) in [4.78, 5) is 36.2. The van der Waals surface area contributed by atoms with Gasteiger partial charge in [-0.05, 0) is 35.4 Å². The maximum absolute atomic E-state index is 12.2. The molecule has 0 saturated carbocycles. The number of hydrogen-bond acceptors (Lipinski definition) is 7. The number of carboxylic acids is 1. The van der Waals surface area contributed by atoms with Gasteiger partial charge in [-0.1, -0.05) is 0 Å². The molecule has 0 aliphatic heterocycles. The van der Waals surface area contributed by atoms with Crippen LogP contribution in [0.3, 0.4) is 0 Å². The monoisotopic (exact) mass is 380 g/mol. The Balaban J connectivity index is 2.10. The first-order chi connectivity index (χ1) is 13.3. The van der Waals surface area contributed by atoms with Gasteiger partial charge in [0.15, 0.2) is 0 Å². The molecule has 2 heterocycles. The van der Waals surface area contributed by atoms with Gasteiger partial charge in [0.05, 0.1) is 0 Å². The van der Waals surface area contributed by atoms with Crippen molar-refractivity contribution < 1.29 is 28.9 Å². The number of phenolic OH excluding ortho intramolecular Hbond substituents is 2. The largest absolute Gasteiger partial charge is 0.508 e. The second kappa shape index (κ2) is 6.27. The second-order valence-electron chi connectivity index (χ2n) is 6.17. The summed E-state index contributed by atoms with van der Waals surface area (Å²) in [6.45, 7) is 0. The third-order valence-electron chi connectivity index (χ3n) is 4.39. The summed E-state index contributed by atoms with van der Waals surface area (Å²) in [6, 6.07) is 10.0. The molecule has 0 bridgehead atoms. The fourth-order valence-electron chi connectivity index (χ4n) is 3.26. The van der Waals surface area contributed by atoms with Crippen LogP contribution in [0.2, 0.25) is 0 Å². The third-order valence-corrected chi connectivity index (χ3v) is 4.39. The van der Waals surface area contributed by atoms with Crippen LogP contribution in [0.15, 0.2) is 67.0 Å². The van der Waals surface area contributed by atoms with Gasteiger partial charge in [-0.2, -0.15) is 0 Å². The molecule has 0 saturated heterocycles. The summed E-state index contributed by atoms with van der Waals surface area (Å²) >= 11 is 0. The van der Waals surface area contributed by atoms with Crippen LogP contribution >= 0.6 is 0 Å². The van der Waals surface area contributed by atoms with Crippen LogP contribution in [0.5, 0.6) is 11.5 Å². The number of hydrogen-bond donors (Lipinski definition) is 3. The van der Waals surface area contributed by atoms with Gasteiger partial charge in [0.1, 0.15) is 28.6 Å². The summed E-state index contributed by atoms with van der Waals surface area (Å²) < 4.78 is 10.1. The summed E-state index contributed by atoms with van der Waals surface area (Å²) in [6.07, 6.45) is 0. The van der Waals surface area contributed by atoms with Crippen LogP contribution in [-0.4, -0.2) is 21.3 Å². The number of rotatable bonds is 3. The Morgan fingerprint density at radius 3 is 1.57 bits per heavy atom. The van der Waals surface area contributed by atoms with Crippen molar-refractivity contribution in [1.82, 2.24) is 0 Å². The van der Waals surface area contributed by atoms with Gasteiger partial charge >= 0.3 is 17.2 Å². The lowest BCUT2D eigenvalue weighted by Gasteiger charge is -2.16. The molecule has 2 aromatic carbocycles. The molecule has 0 aliphatic carbocycles. The minimum absolute atomic E-state index is 0.0127. The molecule has 0 fully saturated rings. The van der Waals surface area contributed by atoms with E-state index in [4.69, 9.17) is 8.83 Å². The van der Waals surface area contributed by atoms with E-state index >= 15 is 0 Å². The molecule has 2 aromatic heterocycles. The van der Waals surface area contributed by atoms with Crippen LogP contribution in [-0.2, 0) is 4.79 Å². The highest BCUT2D eigenvalue weighted by Crippen LogP contribution is 2.35. The van der Waals surface area contributed by atoms with E-state index in [-0.39, 0.29) is 33.8 Å². The number of carboxylic acid groups (broad SMARTS) is 1. The number of phenols is 2. The van der Waals surface area contributed by atoms with E-state index in [2.05, 4.69) is 0 Å². The van der Waals surface area contributed by atoms with E-state index < -0.39 is 23.1 Å². The Labute approximate surface area is 155 Å². The maximum atomic E-state index is 12.2. The summed E-state index contributed by atoms with van der Waals surface area (Å²) in [7, 11) is 0. The molecule has 8 heteroatoms. The molecule has 4 aromatic rings. The molecule has 3 N–H and O–H groups in total. The number of aromatic hydroxyl groups is 2. The Morgan fingerprint density at radius 1 is 0.750 bits per heavy atom. The molecule has 0 spiro atoms. The van der Waals surface area contributed by atoms with E-state index in [0.29, 0.717) is 10.8 Å². The summed E-state index contributed by atoms with van der Waals surface area (Å²) in [5, 5.41) is 29.8. The van der Waals surface area contributed by atoms with E-state index in [1.807, 2.05) is 0 Å². The Morgan fingerprint density at radius 2 is 1.18 bits per heavy atom. The van der Waals surface area contributed by atoms with E-state index in [0.717, 1.165) is 12.1 Å². The molecule has 28 heavy (non-hydrogen) atoms. The molecule has 0 amide bonds. The second-order valence-corrected chi connectivity index (χ2v) is 6.17. The number of fused-ring (bicyclic) bond motifs is 2. The average Bonchev–Trinajstić information content (AvgIpc) is 2.60. The van der Waals surface area contributed by atoms with Crippen molar-refractivity contribution in [2.75, 3.05) is 0 Å². The maximum Gasteiger partial charge on any atom is 0.336 e. The van der Waals surface area contributed by atoms with Crippen molar-refractivity contribution in [3.05, 3.63) is 80.5 Å². The van der Waals surface area contributed by atoms with E-state index in [1.54, 1.807) is 0 Å². The van der Waals surface area contributed by atoms with Gasteiger partial charge in [0.2, 0.25) is 0 Å². The molecule has 140 valence electrons. The van der Waals surface area contributed by atoms with Crippen molar-refractivity contribution in [2.24, 2.45) is 0 Å². The molecular weight excluding hydrogens is 368 g/mol. The first-order valence-corrected chi connectivity index (χ1v) is 8.10. The third kappa shape index (κ3) is 2.86. The Kier molecular flexibility index (Phi) is 3.89. The van der Waals surface area contributed by atoms with Crippen LogP contribution in [0.4, 0.5) is 0 Å². The molecule has 0 atom stereocenters. The predicted octanol–water partition coefficient (Wildman–Crippen LogP) is 2.53. The predicted molar refractivity (Wildman–Crippen MR) is 97.8 cm³/mol. The quantitative estimate of drug-likeness (QED) is 0.461. The van der Waals surface area contributed by atoms with Crippen LogP contribution in [0, 0.1) is 0 Å². The number of benzene rings is 2. The minimum Gasteiger partial charge on any atom is -0.508 e. The van der Waals surface area contributed by atoms with Crippen molar-refractivity contribution in [1.29, 1.82) is 0 Å². The normalized spacial score (nSPS) is 11.3. The molecule has 4 rings (SSSR count). The van der Waals surface area contributed by atoms with Gasteiger partial charge in [-0.25, -0.2) is 9.59 Å². The molecule has 0 unspecified atom stereocenters. The summed E-state index contributed by atoms with van der Waals surface area (Å²) in [5.41, 5.74) is -1.39. The average molecular weight is 380 g/mol. The Hall–Kier alpha value is -4.07. The van der Waals surface area contributed by atoms with Crippen molar-refractivity contribution in [3.63, 3.8) is 0 Å². The molecular formula is C20H12O8. The fourth-order valence-corrected chi connectivity index (χ4v) is 3.26. The van der Waals surface area contributed by atoms with Crippen LogP contribution in [0.25, 0.3) is 21.9 Å². The van der Waals surface area contributed by atoms with Crippen molar-refractivity contribution >= 4 is 27.9 Å². The zero-order chi connectivity index (χ0) is 20.0. The van der Waals surface area contributed by atoms with Gasteiger partial charge < -0.3 is 24.2 Å². The zero-order valence-corrected chi connectivity index (χ0v) is 14.1. The first kappa shape index (κ1) is 17.3. The lowest BCUT2D eigenvalue weighted by Crippen LogP contribution is -2.18. The highest BCUT2D eigenvalue weighted by molar-refractivity contribution is 5.94. The smallest absolute Gasteiger partial charge is 0.336 e. The van der Waals surface area contributed by atoms with E-state index in [1.165, 1.54) is 36.4 Å². The molecule has 0 radical (unpaired) electrons. The van der Waals surface area contributed by atoms with Gasteiger partial charge in [0, 0.05) is 35.0 Å². The highest BCUT2D eigenvalue weighted by Gasteiger charge is 2.28. The Bertz CT molecular complexity index is 1260. The summed E-state index contributed by atoms with van der Waals surface area (Å²) in [5.74, 6) is -3.01. The number of aliphatic carboxylic acids is 1. The topological polar surface area (TPSA) is 138 Å². The zero-order valence-electron chi connectivity index (χ0n) is 14.1. The highest BCUT2D eigenvalue weighted by atomic mass is 16.4. The molecule has 0 aliphatic rings. The fraction of sp³-hybridized carbons (Fsp3) is 0.0500. The standard InChI is InChI=1S/C20H12O8/c21-9-1-3-11-13(7-17(23)27-15(11)5-9)19(20(25)26)14-8-18(24)28-16-6-10(22)2-4-12(14)16/h1-8,19,21-22H,(H,25,26). The van der Waals surface area contributed by atoms with Crippen molar-refractivity contribution in [3.8, 4) is 11.5 Å². The lowest BCUT2D eigenvalue weighted by atomic mass is 9.88. The van der Waals surface area contributed by atoms with Gasteiger partial charge in [-0.3, -0.25) is 4.79 Å². The first-order valence-electron chi connectivity index (χ1n) is 8.10. The lowest BCUT2D eigenvalue weighted by molar-refractivity contribution is -0.137. The minimum atomic E-state index is -1.40. The van der Waals surface area contributed by atoms with Gasteiger partial charge in [-0.15, -0.1) is 0 Å². The van der Waals surface area contributed by atoms with Crippen molar-refractivity contribution in [2.45, 2.75) is 5.92 Å². The van der Waals surface area contributed by atoms with E-state index in [9.17, 15) is 29.7 Å². The SMILES string of the molecule is O=C(O)C(c1cc(=O)oc2cc(O)ccc12)c1cc(=O)oc2cc(O)ccc12. The van der Waals surface area contributed by atoms with Gasteiger partial charge in [0.25, 0.3) is 0 Å².